The van der Waals surface area contributed by atoms with Crippen LogP contribution in [-0.2, 0) is 9.53 Å². The zero-order chi connectivity index (χ0) is 14.6. The molecular weight excluding hydrogens is 244 g/mol. The molecule has 1 rings (SSSR count). The summed E-state index contributed by atoms with van der Waals surface area (Å²) in [6, 6.07) is 0. The van der Waals surface area contributed by atoms with Crippen molar-refractivity contribution in [2.45, 2.75) is 27.7 Å². The number of ether oxygens (including phenoxy) is 1. The van der Waals surface area contributed by atoms with Crippen LogP contribution in [0.1, 0.15) is 27.7 Å². The van der Waals surface area contributed by atoms with Gasteiger partial charge >= 0.3 is 6.09 Å². The van der Waals surface area contributed by atoms with E-state index in [9.17, 15) is 9.59 Å². The molecule has 1 aliphatic rings. The van der Waals surface area contributed by atoms with E-state index < -0.39 is 0 Å². The zero-order valence-corrected chi connectivity index (χ0v) is 12.7. The van der Waals surface area contributed by atoms with Crippen LogP contribution in [0.2, 0.25) is 0 Å². The van der Waals surface area contributed by atoms with Crippen LogP contribution >= 0.6 is 0 Å². The van der Waals surface area contributed by atoms with Gasteiger partial charge in [-0.25, -0.2) is 4.79 Å². The van der Waals surface area contributed by atoms with Crippen LogP contribution in [0.5, 0.6) is 0 Å². The van der Waals surface area contributed by atoms with Gasteiger partial charge in [0.15, 0.2) is 0 Å². The van der Waals surface area contributed by atoms with Crippen LogP contribution in [0.25, 0.3) is 0 Å². The fourth-order valence-corrected chi connectivity index (χ4v) is 2.33. The molecule has 1 atom stereocenters. The number of amides is 2. The fourth-order valence-electron chi connectivity index (χ4n) is 2.33. The second-order valence-electron chi connectivity index (χ2n) is 5.86. The molecule has 0 aliphatic carbocycles. The number of carbonyl (C=O) groups is 2. The molecule has 2 amide bonds. The lowest BCUT2D eigenvalue weighted by atomic mass is 9.95. The maximum atomic E-state index is 12.2. The molecule has 0 aromatic rings. The first kappa shape index (κ1) is 15.8. The summed E-state index contributed by atoms with van der Waals surface area (Å²) < 4.78 is 4.80. The molecule has 110 valence electrons. The lowest BCUT2D eigenvalue weighted by Gasteiger charge is -2.27. The standard InChI is InChI=1S/C14H26N2O3/c1-10(2)12-8-15(13(17)11(3)4)6-7-16(9-12)14(18)19-5/h10-12H,6-9H2,1-5H3/t12-/m1/s1. The quantitative estimate of drug-likeness (QED) is 0.769. The Kier molecular flexibility index (Phi) is 5.63. The Morgan fingerprint density at radius 1 is 1.05 bits per heavy atom. The smallest absolute Gasteiger partial charge is 0.409 e. The van der Waals surface area contributed by atoms with Crippen LogP contribution in [0, 0.1) is 17.8 Å². The molecule has 0 radical (unpaired) electrons. The minimum absolute atomic E-state index is 0.00233. The first-order chi connectivity index (χ1) is 8.86. The molecule has 0 aromatic carbocycles. The summed E-state index contributed by atoms with van der Waals surface area (Å²) in [5, 5.41) is 0. The maximum Gasteiger partial charge on any atom is 0.409 e. The summed E-state index contributed by atoms with van der Waals surface area (Å²) in [4.78, 5) is 27.4. The van der Waals surface area contributed by atoms with Gasteiger partial charge in [0.1, 0.15) is 0 Å². The van der Waals surface area contributed by atoms with Crippen molar-refractivity contribution < 1.29 is 14.3 Å². The molecule has 0 bridgehead atoms. The molecule has 0 unspecified atom stereocenters. The summed E-state index contributed by atoms with van der Waals surface area (Å²) in [7, 11) is 1.40. The van der Waals surface area contributed by atoms with Gasteiger partial charge in [-0.05, 0) is 11.8 Å². The second kappa shape index (κ2) is 6.78. The van der Waals surface area contributed by atoms with Gasteiger partial charge in [-0.1, -0.05) is 27.7 Å². The Balaban J connectivity index is 2.81. The average Bonchev–Trinajstić information content (AvgIpc) is 2.59. The van der Waals surface area contributed by atoms with E-state index in [0.29, 0.717) is 31.5 Å². The van der Waals surface area contributed by atoms with Gasteiger partial charge in [-0.2, -0.15) is 0 Å². The molecule has 5 nitrogen and oxygen atoms in total. The molecule has 1 heterocycles. The van der Waals surface area contributed by atoms with Crippen LogP contribution in [-0.4, -0.2) is 55.1 Å². The number of hydrogen-bond acceptors (Lipinski definition) is 3. The van der Waals surface area contributed by atoms with E-state index >= 15 is 0 Å². The first-order valence-electron chi connectivity index (χ1n) is 6.98. The SMILES string of the molecule is COC(=O)N1CCN(C(=O)C(C)C)C[C@@H](C(C)C)C1. The Hall–Kier alpha value is -1.26. The molecule has 19 heavy (non-hydrogen) atoms. The molecule has 1 saturated heterocycles. The lowest BCUT2D eigenvalue weighted by molar-refractivity contribution is -0.134. The molecular formula is C14H26N2O3. The molecule has 0 saturated carbocycles. The molecule has 0 spiro atoms. The average molecular weight is 270 g/mol. The minimum atomic E-state index is -0.301. The van der Waals surface area contributed by atoms with Gasteiger partial charge in [0.05, 0.1) is 7.11 Å². The van der Waals surface area contributed by atoms with Crippen LogP contribution in [0.15, 0.2) is 0 Å². The second-order valence-corrected chi connectivity index (χ2v) is 5.86. The maximum absolute atomic E-state index is 12.2. The predicted octanol–water partition coefficient (Wildman–Crippen LogP) is 1.83. The van der Waals surface area contributed by atoms with Crippen molar-refractivity contribution in [3.05, 3.63) is 0 Å². The molecule has 1 aliphatic heterocycles. The third kappa shape index (κ3) is 4.11. The van der Waals surface area contributed by atoms with Gasteiger partial charge in [0.2, 0.25) is 5.91 Å². The summed E-state index contributed by atoms with van der Waals surface area (Å²) in [6.07, 6.45) is -0.301. The minimum Gasteiger partial charge on any atom is -0.453 e. The number of methoxy groups -OCH3 is 1. The van der Waals surface area contributed by atoms with Crippen LogP contribution in [0.3, 0.4) is 0 Å². The highest BCUT2D eigenvalue weighted by Gasteiger charge is 2.30. The lowest BCUT2D eigenvalue weighted by Crippen LogP contribution is -2.39. The number of rotatable bonds is 2. The summed E-state index contributed by atoms with van der Waals surface area (Å²) in [6.45, 7) is 10.6. The van der Waals surface area contributed by atoms with Crippen molar-refractivity contribution in [2.75, 3.05) is 33.3 Å². The van der Waals surface area contributed by atoms with Crippen molar-refractivity contribution in [3.8, 4) is 0 Å². The fraction of sp³-hybridized carbons (Fsp3) is 0.857. The largest absolute Gasteiger partial charge is 0.453 e. The van der Waals surface area contributed by atoms with Crippen LogP contribution in [0.4, 0.5) is 4.79 Å². The molecule has 5 heteroatoms. The van der Waals surface area contributed by atoms with Gasteiger partial charge in [0, 0.05) is 32.1 Å². The Bertz CT molecular complexity index is 329. The highest BCUT2D eigenvalue weighted by Crippen LogP contribution is 2.19. The Morgan fingerprint density at radius 3 is 2.05 bits per heavy atom. The van der Waals surface area contributed by atoms with E-state index in [1.54, 1.807) is 4.90 Å². The van der Waals surface area contributed by atoms with E-state index in [1.807, 2.05) is 18.7 Å². The molecule has 1 fully saturated rings. The van der Waals surface area contributed by atoms with Gasteiger partial charge in [-0.15, -0.1) is 0 Å². The third-order valence-corrected chi connectivity index (χ3v) is 3.73. The van der Waals surface area contributed by atoms with E-state index in [1.165, 1.54) is 7.11 Å². The van der Waals surface area contributed by atoms with E-state index in [4.69, 9.17) is 4.74 Å². The van der Waals surface area contributed by atoms with Crippen molar-refractivity contribution in [1.29, 1.82) is 0 Å². The monoisotopic (exact) mass is 270 g/mol. The highest BCUT2D eigenvalue weighted by atomic mass is 16.5. The van der Waals surface area contributed by atoms with Crippen molar-refractivity contribution in [2.24, 2.45) is 17.8 Å². The topological polar surface area (TPSA) is 49.9 Å². The normalized spacial score (nSPS) is 20.7. The molecule has 0 N–H and O–H groups in total. The van der Waals surface area contributed by atoms with E-state index in [0.717, 1.165) is 6.54 Å². The molecule has 0 aromatic heterocycles. The summed E-state index contributed by atoms with van der Waals surface area (Å²) in [5.41, 5.74) is 0. The number of nitrogens with zero attached hydrogens (tertiary/aromatic N) is 2. The highest BCUT2D eigenvalue weighted by molar-refractivity contribution is 5.78. The predicted molar refractivity (Wildman–Crippen MR) is 73.7 cm³/mol. The van der Waals surface area contributed by atoms with Crippen molar-refractivity contribution >= 4 is 12.0 Å². The van der Waals surface area contributed by atoms with Crippen molar-refractivity contribution in [1.82, 2.24) is 9.80 Å². The van der Waals surface area contributed by atoms with Crippen LogP contribution < -0.4 is 0 Å². The van der Waals surface area contributed by atoms with Gasteiger partial charge < -0.3 is 14.5 Å². The zero-order valence-electron chi connectivity index (χ0n) is 12.7. The first-order valence-corrected chi connectivity index (χ1v) is 6.98. The van der Waals surface area contributed by atoms with E-state index in [2.05, 4.69) is 13.8 Å². The number of hydrogen-bond donors (Lipinski definition) is 0. The van der Waals surface area contributed by atoms with E-state index in [-0.39, 0.29) is 17.9 Å². The van der Waals surface area contributed by atoms with Gasteiger partial charge in [0.25, 0.3) is 0 Å². The summed E-state index contributed by atoms with van der Waals surface area (Å²) in [5.74, 6) is 0.881. The number of carbonyl (C=O) groups excluding carboxylic acids is 2. The Labute approximate surface area is 115 Å². The Morgan fingerprint density at radius 2 is 1.58 bits per heavy atom. The third-order valence-electron chi connectivity index (χ3n) is 3.73. The summed E-state index contributed by atoms with van der Waals surface area (Å²) >= 11 is 0. The van der Waals surface area contributed by atoms with Gasteiger partial charge in [-0.3, -0.25) is 4.79 Å². The van der Waals surface area contributed by atoms with Crippen molar-refractivity contribution in [3.63, 3.8) is 0 Å².